The zero-order chi connectivity index (χ0) is 12.5. The summed E-state index contributed by atoms with van der Waals surface area (Å²) in [5.41, 5.74) is 1.29. The summed E-state index contributed by atoms with van der Waals surface area (Å²) < 4.78 is 22.4. The van der Waals surface area contributed by atoms with Gasteiger partial charge in [-0.25, -0.2) is 8.42 Å². The van der Waals surface area contributed by atoms with Gasteiger partial charge < -0.3 is 5.32 Å². The van der Waals surface area contributed by atoms with Gasteiger partial charge in [-0.05, 0) is 18.6 Å². The minimum absolute atomic E-state index is 0.0123. The monoisotopic (exact) mass is 271 g/mol. The van der Waals surface area contributed by atoms with E-state index in [1.54, 1.807) is 0 Å². The van der Waals surface area contributed by atoms with Crippen LogP contribution < -0.4 is 5.32 Å². The summed E-state index contributed by atoms with van der Waals surface area (Å²) in [6, 6.07) is 8.55. The van der Waals surface area contributed by atoms with Gasteiger partial charge in [0.2, 0.25) is 0 Å². The molecule has 2 unspecified atom stereocenters. The molecular weight excluding hydrogens is 254 g/mol. The van der Waals surface area contributed by atoms with Gasteiger partial charge >= 0.3 is 0 Å². The number of hydrogen-bond donors (Lipinski definition) is 1. The molecule has 0 bridgehead atoms. The second kappa shape index (κ2) is 5.00. The SMILES string of the molecule is CC(CS(C)(=O)=O)NC1CSc2ccccc21. The van der Waals surface area contributed by atoms with Crippen LogP contribution in [0, 0.1) is 0 Å². The maximum absolute atomic E-state index is 11.2. The molecule has 0 aliphatic carbocycles. The highest BCUT2D eigenvalue weighted by Crippen LogP contribution is 2.37. The first-order valence-electron chi connectivity index (χ1n) is 5.61. The Balaban J connectivity index is 2.02. The lowest BCUT2D eigenvalue weighted by Gasteiger charge is -2.19. The van der Waals surface area contributed by atoms with E-state index in [2.05, 4.69) is 17.4 Å². The molecular formula is C12H17NO2S2. The van der Waals surface area contributed by atoms with Gasteiger partial charge in [-0.3, -0.25) is 0 Å². The van der Waals surface area contributed by atoms with Gasteiger partial charge in [0.1, 0.15) is 9.84 Å². The molecule has 1 N–H and O–H groups in total. The zero-order valence-electron chi connectivity index (χ0n) is 10.0. The molecule has 0 saturated heterocycles. The van der Waals surface area contributed by atoms with Gasteiger partial charge in [0.05, 0.1) is 5.75 Å². The average molecular weight is 271 g/mol. The number of fused-ring (bicyclic) bond motifs is 1. The summed E-state index contributed by atoms with van der Waals surface area (Å²) in [6.07, 6.45) is 1.28. The molecule has 0 fully saturated rings. The van der Waals surface area contributed by atoms with E-state index in [0.29, 0.717) is 0 Å². The van der Waals surface area contributed by atoms with Crippen molar-refractivity contribution in [3.05, 3.63) is 29.8 Å². The van der Waals surface area contributed by atoms with Crippen LogP contribution in [0.3, 0.4) is 0 Å². The molecule has 0 spiro atoms. The third-order valence-corrected chi connectivity index (χ3v) is 5.03. The lowest BCUT2D eigenvalue weighted by atomic mass is 10.1. The van der Waals surface area contributed by atoms with Crippen LogP contribution in [-0.2, 0) is 9.84 Å². The van der Waals surface area contributed by atoms with Gasteiger partial charge in [0.15, 0.2) is 0 Å². The minimum atomic E-state index is -2.91. The fraction of sp³-hybridized carbons (Fsp3) is 0.500. The molecule has 1 aliphatic rings. The second-order valence-electron chi connectivity index (χ2n) is 4.56. The lowest BCUT2D eigenvalue weighted by molar-refractivity contribution is 0.506. The Morgan fingerprint density at radius 1 is 1.47 bits per heavy atom. The molecule has 1 aliphatic heterocycles. The number of sulfone groups is 1. The number of rotatable bonds is 4. The van der Waals surface area contributed by atoms with Crippen LogP contribution >= 0.6 is 11.8 Å². The van der Waals surface area contributed by atoms with E-state index in [9.17, 15) is 8.42 Å². The van der Waals surface area contributed by atoms with Crippen molar-refractivity contribution in [1.82, 2.24) is 5.32 Å². The highest BCUT2D eigenvalue weighted by molar-refractivity contribution is 7.99. The second-order valence-corrected chi connectivity index (χ2v) is 7.81. The first-order chi connectivity index (χ1) is 7.96. The van der Waals surface area contributed by atoms with Crippen molar-refractivity contribution in [2.24, 2.45) is 0 Å². The van der Waals surface area contributed by atoms with Crippen molar-refractivity contribution < 1.29 is 8.42 Å². The molecule has 0 radical (unpaired) electrons. The first-order valence-corrected chi connectivity index (χ1v) is 8.66. The van der Waals surface area contributed by atoms with Crippen molar-refractivity contribution in [2.75, 3.05) is 17.8 Å². The molecule has 1 aromatic carbocycles. The van der Waals surface area contributed by atoms with Gasteiger partial charge in [-0.15, -0.1) is 11.8 Å². The molecule has 1 heterocycles. The Morgan fingerprint density at radius 3 is 2.88 bits per heavy atom. The van der Waals surface area contributed by atoms with Crippen molar-refractivity contribution in [1.29, 1.82) is 0 Å². The fourth-order valence-corrected chi connectivity index (χ4v) is 4.32. The Hall–Kier alpha value is -0.520. The molecule has 0 saturated carbocycles. The predicted octanol–water partition coefficient (Wildman–Crippen LogP) is 1.86. The molecule has 5 heteroatoms. The van der Waals surface area contributed by atoms with E-state index in [-0.39, 0.29) is 17.8 Å². The van der Waals surface area contributed by atoms with Crippen LogP contribution in [0.2, 0.25) is 0 Å². The number of thioether (sulfide) groups is 1. The van der Waals surface area contributed by atoms with Crippen molar-refractivity contribution in [2.45, 2.75) is 23.9 Å². The Labute approximate surface area is 107 Å². The van der Waals surface area contributed by atoms with E-state index < -0.39 is 9.84 Å². The average Bonchev–Trinajstić information content (AvgIpc) is 2.59. The Bertz CT molecular complexity index is 499. The third-order valence-electron chi connectivity index (χ3n) is 2.74. The highest BCUT2D eigenvalue weighted by Gasteiger charge is 2.24. The normalized spacial score (nSPS) is 21.2. The summed E-state index contributed by atoms with van der Waals surface area (Å²) in [5, 5.41) is 3.39. The standard InChI is InChI=1S/C12H17NO2S2/c1-9(8-17(2,14)15)13-11-7-16-12-6-4-3-5-10(11)12/h3-6,9,11,13H,7-8H2,1-2H3. The predicted molar refractivity (Wildman–Crippen MR) is 72.2 cm³/mol. The topological polar surface area (TPSA) is 46.2 Å². The molecule has 1 aromatic rings. The van der Waals surface area contributed by atoms with Crippen LogP contribution in [0.15, 0.2) is 29.2 Å². The summed E-state index contributed by atoms with van der Waals surface area (Å²) >= 11 is 1.82. The van der Waals surface area contributed by atoms with E-state index in [0.717, 1.165) is 5.75 Å². The van der Waals surface area contributed by atoms with Gasteiger partial charge in [-0.2, -0.15) is 0 Å². The molecule has 3 nitrogen and oxygen atoms in total. The fourth-order valence-electron chi connectivity index (χ4n) is 2.15. The number of benzene rings is 1. The summed E-state index contributed by atoms with van der Waals surface area (Å²) in [7, 11) is -2.91. The Morgan fingerprint density at radius 2 is 2.18 bits per heavy atom. The van der Waals surface area contributed by atoms with Crippen LogP contribution in [0.1, 0.15) is 18.5 Å². The van der Waals surface area contributed by atoms with Gasteiger partial charge in [0, 0.05) is 29.0 Å². The Kier molecular flexibility index (Phi) is 3.80. The maximum atomic E-state index is 11.2. The maximum Gasteiger partial charge on any atom is 0.148 e. The largest absolute Gasteiger partial charge is 0.306 e. The third kappa shape index (κ3) is 3.47. The lowest BCUT2D eigenvalue weighted by Crippen LogP contribution is -2.35. The molecule has 2 rings (SSSR count). The van der Waals surface area contributed by atoms with Crippen LogP contribution in [0.5, 0.6) is 0 Å². The van der Waals surface area contributed by atoms with Crippen LogP contribution in [-0.4, -0.2) is 32.2 Å². The van der Waals surface area contributed by atoms with Crippen LogP contribution in [0.4, 0.5) is 0 Å². The molecule has 0 amide bonds. The summed E-state index contributed by atoms with van der Waals surface area (Å²) in [5.74, 6) is 1.17. The first kappa shape index (κ1) is 12.9. The number of hydrogen-bond acceptors (Lipinski definition) is 4. The summed E-state index contributed by atoms with van der Waals surface area (Å²) in [4.78, 5) is 1.30. The highest BCUT2D eigenvalue weighted by atomic mass is 32.2. The quantitative estimate of drug-likeness (QED) is 0.908. The molecule has 94 valence electrons. The zero-order valence-corrected chi connectivity index (χ0v) is 11.6. The molecule has 0 aromatic heterocycles. The number of nitrogens with one attached hydrogen (secondary N) is 1. The molecule has 17 heavy (non-hydrogen) atoms. The summed E-state index contributed by atoms with van der Waals surface area (Å²) in [6.45, 7) is 1.92. The van der Waals surface area contributed by atoms with Crippen LogP contribution in [0.25, 0.3) is 0 Å². The van der Waals surface area contributed by atoms with E-state index in [1.165, 1.54) is 16.7 Å². The molecule has 2 atom stereocenters. The van der Waals surface area contributed by atoms with Crippen molar-refractivity contribution in [3.8, 4) is 0 Å². The van der Waals surface area contributed by atoms with E-state index in [4.69, 9.17) is 0 Å². The van der Waals surface area contributed by atoms with Crippen molar-refractivity contribution >= 4 is 21.6 Å². The van der Waals surface area contributed by atoms with Gasteiger partial charge in [0.25, 0.3) is 0 Å². The smallest absolute Gasteiger partial charge is 0.148 e. The van der Waals surface area contributed by atoms with Gasteiger partial charge in [-0.1, -0.05) is 18.2 Å². The van der Waals surface area contributed by atoms with Crippen molar-refractivity contribution in [3.63, 3.8) is 0 Å². The minimum Gasteiger partial charge on any atom is -0.306 e. The van der Waals surface area contributed by atoms with E-state index >= 15 is 0 Å². The van der Waals surface area contributed by atoms with E-state index in [1.807, 2.05) is 30.8 Å².